The Morgan fingerprint density at radius 2 is 1.81 bits per heavy atom. The average molecular weight is 219 g/mol. The molecule has 1 aromatic heterocycles. The predicted molar refractivity (Wildman–Crippen MR) is 56.6 cm³/mol. The Balaban J connectivity index is 2.50. The maximum atomic E-state index is 13.5. The van der Waals surface area contributed by atoms with Crippen LogP contribution in [0.3, 0.4) is 0 Å². The standard InChI is InChI=1S/C12H10FNO2/c13-10-6-2-1-5-9(10)11(12(15)16)14-7-3-4-8-14/h1-8,11H,(H,15,16)/t11-/m1/s1. The zero-order chi connectivity index (χ0) is 11.5. The van der Waals surface area contributed by atoms with Gasteiger partial charge < -0.3 is 9.67 Å². The number of carbonyl (C=O) groups is 1. The minimum Gasteiger partial charge on any atom is -0.479 e. The van der Waals surface area contributed by atoms with E-state index in [-0.39, 0.29) is 5.56 Å². The van der Waals surface area contributed by atoms with E-state index in [1.165, 1.54) is 22.8 Å². The van der Waals surface area contributed by atoms with Crippen molar-refractivity contribution in [1.29, 1.82) is 0 Å². The van der Waals surface area contributed by atoms with Crippen LogP contribution in [0.25, 0.3) is 0 Å². The molecule has 0 bridgehead atoms. The van der Waals surface area contributed by atoms with Crippen LogP contribution in [0.5, 0.6) is 0 Å². The van der Waals surface area contributed by atoms with E-state index in [0.29, 0.717) is 0 Å². The van der Waals surface area contributed by atoms with Crippen LogP contribution in [0.4, 0.5) is 4.39 Å². The molecule has 0 spiro atoms. The monoisotopic (exact) mass is 219 g/mol. The molecule has 1 heterocycles. The van der Waals surface area contributed by atoms with Crippen LogP contribution in [0.1, 0.15) is 11.6 Å². The highest BCUT2D eigenvalue weighted by Crippen LogP contribution is 2.21. The molecular formula is C12H10FNO2. The summed E-state index contributed by atoms with van der Waals surface area (Å²) in [6, 6.07) is 8.29. The molecule has 4 heteroatoms. The van der Waals surface area contributed by atoms with Crippen molar-refractivity contribution in [3.8, 4) is 0 Å². The average Bonchev–Trinajstić information content (AvgIpc) is 2.74. The second-order valence-corrected chi connectivity index (χ2v) is 3.39. The van der Waals surface area contributed by atoms with E-state index < -0.39 is 17.8 Å². The van der Waals surface area contributed by atoms with E-state index in [1.54, 1.807) is 30.6 Å². The molecule has 0 amide bonds. The molecule has 0 aliphatic carbocycles. The zero-order valence-electron chi connectivity index (χ0n) is 8.38. The molecule has 0 unspecified atom stereocenters. The third-order valence-electron chi connectivity index (χ3n) is 2.36. The van der Waals surface area contributed by atoms with Crippen molar-refractivity contribution >= 4 is 5.97 Å². The van der Waals surface area contributed by atoms with Gasteiger partial charge in [-0.05, 0) is 18.2 Å². The van der Waals surface area contributed by atoms with Crippen LogP contribution < -0.4 is 0 Å². The Morgan fingerprint density at radius 1 is 1.19 bits per heavy atom. The highest BCUT2D eigenvalue weighted by Gasteiger charge is 2.23. The van der Waals surface area contributed by atoms with Crippen LogP contribution in [0.2, 0.25) is 0 Å². The largest absolute Gasteiger partial charge is 0.479 e. The Morgan fingerprint density at radius 3 is 2.38 bits per heavy atom. The van der Waals surface area contributed by atoms with Crippen molar-refractivity contribution in [1.82, 2.24) is 4.57 Å². The summed E-state index contributed by atoms with van der Waals surface area (Å²) in [6.07, 6.45) is 3.20. The minimum atomic E-state index is -1.08. The highest BCUT2D eigenvalue weighted by molar-refractivity contribution is 5.76. The van der Waals surface area contributed by atoms with E-state index in [4.69, 9.17) is 5.11 Å². The maximum absolute atomic E-state index is 13.5. The van der Waals surface area contributed by atoms with Crippen molar-refractivity contribution in [2.45, 2.75) is 6.04 Å². The van der Waals surface area contributed by atoms with E-state index in [1.807, 2.05) is 0 Å². The predicted octanol–water partition coefficient (Wildman–Crippen LogP) is 2.30. The molecule has 1 N–H and O–H groups in total. The van der Waals surface area contributed by atoms with E-state index in [9.17, 15) is 9.18 Å². The summed E-state index contributed by atoms with van der Waals surface area (Å²) in [7, 11) is 0. The molecule has 0 aliphatic heterocycles. The molecule has 0 aliphatic rings. The number of hydrogen-bond donors (Lipinski definition) is 1. The van der Waals surface area contributed by atoms with Gasteiger partial charge in [0.15, 0.2) is 6.04 Å². The number of benzene rings is 1. The normalized spacial score (nSPS) is 12.3. The number of nitrogens with zero attached hydrogens (tertiary/aromatic N) is 1. The van der Waals surface area contributed by atoms with Gasteiger partial charge in [0.25, 0.3) is 0 Å². The van der Waals surface area contributed by atoms with E-state index >= 15 is 0 Å². The van der Waals surface area contributed by atoms with Crippen LogP contribution in [-0.2, 0) is 4.79 Å². The van der Waals surface area contributed by atoms with Crippen LogP contribution >= 0.6 is 0 Å². The summed E-state index contributed by atoms with van der Waals surface area (Å²) >= 11 is 0. The smallest absolute Gasteiger partial charge is 0.331 e. The first kappa shape index (κ1) is 10.4. The molecule has 0 saturated carbocycles. The molecule has 2 rings (SSSR count). The second-order valence-electron chi connectivity index (χ2n) is 3.39. The first-order valence-electron chi connectivity index (χ1n) is 4.80. The number of halogens is 1. The van der Waals surface area contributed by atoms with E-state index in [0.717, 1.165) is 0 Å². The van der Waals surface area contributed by atoms with Gasteiger partial charge in [0.05, 0.1) is 0 Å². The SMILES string of the molecule is O=C(O)[C@@H](c1ccccc1F)n1cccc1. The van der Waals surface area contributed by atoms with Crippen molar-refractivity contribution < 1.29 is 14.3 Å². The van der Waals surface area contributed by atoms with Crippen LogP contribution in [0, 0.1) is 5.82 Å². The van der Waals surface area contributed by atoms with Crippen molar-refractivity contribution in [2.75, 3.05) is 0 Å². The molecule has 82 valence electrons. The van der Waals surface area contributed by atoms with Gasteiger partial charge in [-0.1, -0.05) is 18.2 Å². The molecule has 3 nitrogen and oxygen atoms in total. The highest BCUT2D eigenvalue weighted by atomic mass is 19.1. The summed E-state index contributed by atoms with van der Waals surface area (Å²) in [5, 5.41) is 9.14. The lowest BCUT2D eigenvalue weighted by Gasteiger charge is -2.15. The quantitative estimate of drug-likeness (QED) is 0.860. The number of rotatable bonds is 3. The fraction of sp³-hybridized carbons (Fsp3) is 0.0833. The zero-order valence-corrected chi connectivity index (χ0v) is 8.38. The van der Waals surface area contributed by atoms with Crippen LogP contribution in [-0.4, -0.2) is 15.6 Å². The fourth-order valence-electron chi connectivity index (χ4n) is 1.64. The third kappa shape index (κ3) is 1.82. The fourth-order valence-corrected chi connectivity index (χ4v) is 1.64. The first-order chi connectivity index (χ1) is 7.70. The number of hydrogen-bond acceptors (Lipinski definition) is 1. The van der Waals surface area contributed by atoms with Crippen molar-refractivity contribution in [3.63, 3.8) is 0 Å². The molecule has 1 aromatic carbocycles. The van der Waals surface area contributed by atoms with Gasteiger partial charge in [-0.25, -0.2) is 9.18 Å². The van der Waals surface area contributed by atoms with Gasteiger partial charge in [-0.3, -0.25) is 0 Å². The molecule has 16 heavy (non-hydrogen) atoms. The molecular weight excluding hydrogens is 209 g/mol. The van der Waals surface area contributed by atoms with Crippen molar-refractivity contribution in [3.05, 3.63) is 60.2 Å². The number of aliphatic carboxylic acids is 1. The van der Waals surface area contributed by atoms with Crippen LogP contribution in [0.15, 0.2) is 48.8 Å². The Hall–Kier alpha value is -2.10. The Labute approximate surface area is 91.8 Å². The van der Waals surface area contributed by atoms with Gasteiger partial charge in [0.2, 0.25) is 0 Å². The lowest BCUT2D eigenvalue weighted by atomic mass is 10.1. The number of aromatic nitrogens is 1. The van der Waals surface area contributed by atoms with Gasteiger partial charge >= 0.3 is 5.97 Å². The number of carboxylic acids is 1. The summed E-state index contributed by atoms with van der Waals surface area (Å²) in [4.78, 5) is 11.2. The lowest BCUT2D eigenvalue weighted by Crippen LogP contribution is -2.20. The summed E-state index contributed by atoms with van der Waals surface area (Å²) < 4.78 is 15.0. The summed E-state index contributed by atoms with van der Waals surface area (Å²) in [5.74, 6) is -1.59. The maximum Gasteiger partial charge on any atom is 0.331 e. The lowest BCUT2D eigenvalue weighted by molar-refractivity contribution is -0.139. The van der Waals surface area contributed by atoms with Gasteiger partial charge in [-0.15, -0.1) is 0 Å². The summed E-state index contributed by atoms with van der Waals surface area (Å²) in [6.45, 7) is 0. The summed E-state index contributed by atoms with van der Waals surface area (Å²) in [5.41, 5.74) is 0.159. The molecule has 0 fully saturated rings. The molecule has 0 radical (unpaired) electrons. The van der Waals surface area contributed by atoms with E-state index in [2.05, 4.69) is 0 Å². The molecule has 2 aromatic rings. The Bertz CT molecular complexity index is 493. The topological polar surface area (TPSA) is 42.2 Å². The van der Waals surface area contributed by atoms with Gasteiger partial charge in [0, 0.05) is 18.0 Å². The van der Waals surface area contributed by atoms with Crippen molar-refractivity contribution in [2.24, 2.45) is 0 Å². The van der Waals surface area contributed by atoms with Gasteiger partial charge in [0.1, 0.15) is 5.82 Å². The molecule has 0 saturated heterocycles. The third-order valence-corrected chi connectivity index (χ3v) is 2.36. The molecule has 1 atom stereocenters. The van der Waals surface area contributed by atoms with Gasteiger partial charge in [-0.2, -0.15) is 0 Å². The minimum absolute atomic E-state index is 0.159. The second kappa shape index (κ2) is 4.18. The Kier molecular flexibility index (Phi) is 2.72. The first-order valence-corrected chi connectivity index (χ1v) is 4.80. The number of carboxylic acid groups (broad SMARTS) is 1.